The molecule has 0 aliphatic carbocycles. The summed E-state index contributed by atoms with van der Waals surface area (Å²) in [5.41, 5.74) is 1.14. The summed E-state index contributed by atoms with van der Waals surface area (Å²) in [5.74, 6) is 1.48. The van der Waals surface area contributed by atoms with E-state index in [1.165, 1.54) is 0 Å². The van der Waals surface area contributed by atoms with Crippen molar-refractivity contribution in [2.24, 2.45) is 0 Å². The van der Waals surface area contributed by atoms with Gasteiger partial charge in [-0.25, -0.2) is 0 Å². The van der Waals surface area contributed by atoms with Crippen molar-refractivity contribution in [3.05, 3.63) is 23.8 Å². The topological polar surface area (TPSA) is 83.4 Å². The van der Waals surface area contributed by atoms with Crippen molar-refractivity contribution in [2.75, 3.05) is 32.8 Å². The monoisotopic (exact) mass is 289 g/mol. The lowest BCUT2D eigenvalue weighted by atomic mass is 10.1. The summed E-state index contributed by atoms with van der Waals surface area (Å²) >= 11 is 0. The molecule has 21 heavy (non-hydrogen) atoms. The fraction of sp³-hybridized carbons (Fsp3) is 0.467. The molecule has 0 aromatic heterocycles. The molecule has 1 aromatic carbocycles. The zero-order chi connectivity index (χ0) is 14.9. The number of amides is 1. The Labute approximate surface area is 124 Å². The minimum atomic E-state index is -0.0903. The first kappa shape index (κ1) is 15.1. The number of nitrogens with zero attached hydrogens (tertiary/aromatic N) is 1. The van der Waals surface area contributed by atoms with Crippen LogP contribution in [0.3, 0.4) is 0 Å². The Morgan fingerprint density at radius 3 is 2.86 bits per heavy atom. The molecule has 6 heteroatoms. The van der Waals surface area contributed by atoms with Crippen molar-refractivity contribution in [1.29, 1.82) is 5.26 Å². The average molecular weight is 289 g/mol. The van der Waals surface area contributed by atoms with Crippen molar-refractivity contribution in [2.45, 2.75) is 12.8 Å². The lowest BCUT2D eigenvalue weighted by molar-refractivity contribution is -0.120. The Kier molecular flexibility index (Phi) is 5.85. The zero-order valence-corrected chi connectivity index (χ0v) is 11.9. The molecule has 1 aliphatic rings. The van der Waals surface area contributed by atoms with Gasteiger partial charge < -0.3 is 20.1 Å². The molecule has 0 atom stereocenters. The molecular weight excluding hydrogens is 270 g/mol. The molecule has 0 spiro atoms. The SMILES string of the molecule is N#CCCNC(=O)CNCCc1ccc2c(c1)OCCO2. The zero-order valence-electron chi connectivity index (χ0n) is 11.9. The van der Waals surface area contributed by atoms with E-state index in [0.29, 0.717) is 32.7 Å². The maximum atomic E-state index is 11.4. The van der Waals surface area contributed by atoms with Crippen LogP contribution < -0.4 is 20.1 Å². The van der Waals surface area contributed by atoms with Crippen molar-refractivity contribution in [3.8, 4) is 17.6 Å². The Morgan fingerprint density at radius 2 is 2.05 bits per heavy atom. The summed E-state index contributed by atoms with van der Waals surface area (Å²) in [4.78, 5) is 11.4. The second-order valence-corrected chi connectivity index (χ2v) is 4.66. The normalized spacial score (nSPS) is 12.5. The number of nitrogens with one attached hydrogen (secondary N) is 2. The van der Waals surface area contributed by atoms with Gasteiger partial charge in [0.25, 0.3) is 0 Å². The van der Waals surface area contributed by atoms with E-state index in [1.807, 2.05) is 24.3 Å². The van der Waals surface area contributed by atoms with Crippen molar-refractivity contribution < 1.29 is 14.3 Å². The number of carbonyl (C=O) groups excluding carboxylic acids is 1. The predicted octanol–water partition coefficient (Wildman–Crippen LogP) is 0.620. The van der Waals surface area contributed by atoms with Crippen molar-refractivity contribution in [3.63, 3.8) is 0 Å². The molecule has 1 amide bonds. The molecule has 0 saturated carbocycles. The van der Waals surface area contributed by atoms with Crippen LogP contribution in [0, 0.1) is 11.3 Å². The summed E-state index contributed by atoms with van der Waals surface area (Å²) in [6, 6.07) is 7.87. The molecule has 2 rings (SSSR count). The van der Waals surface area contributed by atoms with Gasteiger partial charge in [-0.15, -0.1) is 0 Å². The number of benzene rings is 1. The van der Waals surface area contributed by atoms with Gasteiger partial charge in [0.05, 0.1) is 19.0 Å². The van der Waals surface area contributed by atoms with Gasteiger partial charge in [0, 0.05) is 6.54 Å². The maximum absolute atomic E-state index is 11.4. The van der Waals surface area contributed by atoms with E-state index in [0.717, 1.165) is 23.5 Å². The fourth-order valence-corrected chi connectivity index (χ4v) is 2.00. The highest BCUT2D eigenvalue weighted by Gasteiger charge is 2.11. The van der Waals surface area contributed by atoms with E-state index < -0.39 is 0 Å². The van der Waals surface area contributed by atoms with Gasteiger partial charge in [-0.05, 0) is 30.7 Å². The number of hydrogen-bond donors (Lipinski definition) is 2. The van der Waals surface area contributed by atoms with E-state index in [9.17, 15) is 4.79 Å². The molecule has 0 saturated heterocycles. The molecule has 2 N–H and O–H groups in total. The highest BCUT2D eigenvalue weighted by Crippen LogP contribution is 2.30. The van der Waals surface area contributed by atoms with Crippen LogP contribution in [0.1, 0.15) is 12.0 Å². The molecule has 1 heterocycles. The number of ether oxygens (including phenoxy) is 2. The molecule has 1 aromatic rings. The van der Waals surface area contributed by atoms with Crippen LogP contribution in [-0.4, -0.2) is 38.8 Å². The first-order valence-electron chi connectivity index (χ1n) is 7.02. The van der Waals surface area contributed by atoms with Crippen molar-refractivity contribution in [1.82, 2.24) is 10.6 Å². The van der Waals surface area contributed by atoms with Crippen LogP contribution in [0.25, 0.3) is 0 Å². The highest BCUT2D eigenvalue weighted by molar-refractivity contribution is 5.77. The smallest absolute Gasteiger partial charge is 0.233 e. The summed E-state index contributed by atoms with van der Waals surface area (Å²) < 4.78 is 11.0. The molecule has 1 aliphatic heterocycles. The lowest BCUT2D eigenvalue weighted by Gasteiger charge is -2.18. The van der Waals surface area contributed by atoms with Gasteiger partial charge in [0.1, 0.15) is 13.2 Å². The Morgan fingerprint density at radius 1 is 1.24 bits per heavy atom. The quantitative estimate of drug-likeness (QED) is 0.719. The number of fused-ring (bicyclic) bond motifs is 1. The minimum Gasteiger partial charge on any atom is -0.486 e. The van der Waals surface area contributed by atoms with Gasteiger partial charge in [-0.3, -0.25) is 4.79 Å². The molecular formula is C15H19N3O3. The lowest BCUT2D eigenvalue weighted by Crippen LogP contribution is -2.35. The first-order chi connectivity index (χ1) is 10.3. The standard InChI is InChI=1S/C15H19N3O3/c16-5-1-6-18-15(19)11-17-7-4-12-2-3-13-14(10-12)21-9-8-20-13/h2-3,10,17H,1,4,6-9,11H2,(H,18,19). The maximum Gasteiger partial charge on any atom is 0.233 e. The molecule has 0 radical (unpaired) electrons. The summed E-state index contributed by atoms with van der Waals surface area (Å²) in [6.07, 6.45) is 1.14. The van der Waals surface area contributed by atoms with Crippen molar-refractivity contribution >= 4 is 5.91 Å². The predicted molar refractivity (Wildman–Crippen MR) is 77.2 cm³/mol. The number of carbonyl (C=O) groups is 1. The average Bonchev–Trinajstić information content (AvgIpc) is 2.52. The third-order valence-corrected chi connectivity index (χ3v) is 3.04. The van der Waals surface area contributed by atoms with E-state index >= 15 is 0 Å². The number of rotatable bonds is 7. The van der Waals surface area contributed by atoms with Gasteiger partial charge in [-0.1, -0.05) is 6.07 Å². The third-order valence-electron chi connectivity index (χ3n) is 3.04. The second kappa shape index (κ2) is 8.12. The first-order valence-corrected chi connectivity index (χ1v) is 7.02. The fourth-order valence-electron chi connectivity index (χ4n) is 2.00. The molecule has 6 nitrogen and oxygen atoms in total. The van der Waals surface area contributed by atoms with Crippen LogP contribution in [0.5, 0.6) is 11.5 Å². The third kappa shape index (κ3) is 4.97. The number of nitriles is 1. The van der Waals surface area contributed by atoms with Gasteiger partial charge >= 0.3 is 0 Å². The van der Waals surface area contributed by atoms with Crippen LogP contribution in [0.4, 0.5) is 0 Å². The molecule has 0 fully saturated rings. The largest absolute Gasteiger partial charge is 0.486 e. The van der Waals surface area contributed by atoms with Gasteiger partial charge in [0.2, 0.25) is 5.91 Å². The van der Waals surface area contributed by atoms with Gasteiger partial charge in [-0.2, -0.15) is 5.26 Å². The van der Waals surface area contributed by atoms with E-state index in [2.05, 4.69) is 10.6 Å². The molecule has 112 valence electrons. The van der Waals surface area contributed by atoms with Crippen LogP contribution in [-0.2, 0) is 11.2 Å². The Hall–Kier alpha value is -2.26. The van der Waals surface area contributed by atoms with Crippen LogP contribution in [0.2, 0.25) is 0 Å². The van der Waals surface area contributed by atoms with E-state index in [4.69, 9.17) is 14.7 Å². The summed E-state index contributed by atoms with van der Waals surface area (Å²) in [6.45, 7) is 2.53. The number of hydrogen-bond acceptors (Lipinski definition) is 5. The van der Waals surface area contributed by atoms with Gasteiger partial charge in [0.15, 0.2) is 11.5 Å². The van der Waals surface area contributed by atoms with Crippen LogP contribution in [0.15, 0.2) is 18.2 Å². The summed E-state index contributed by atoms with van der Waals surface area (Å²) in [5, 5.41) is 14.1. The summed E-state index contributed by atoms with van der Waals surface area (Å²) in [7, 11) is 0. The Balaban J connectivity index is 1.67. The van der Waals surface area contributed by atoms with Crippen LogP contribution >= 0.6 is 0 Å². The van der Waals surface area contributed by atoms with E-state index in [-0.39, 0.29) is 12.5 Å². The Bertz CT molecular complexity index is 525. The molecule has 0 unspecified atom stereocenters. The second-order valence-electron chi connectivity index (χ2n) is 4.66. The highest BCUT2D eigenvalue weighted by atomic mass is 16.6. The van der Waals surface area contributed by atoms with E-state index in [1.54, 1.807) is 0 Å². The molecule has 0 bridgehead atoms. The minimum absolute atomic E-state index is 0.0903.